The highest BCUT2D eigenvalue weighted by Crippen LogP contribution is 2.32. The summed E-state index contributed by atoms with van der Waals surface area (Å²) in [5.41, 5.74) is 0.924. The number of aryl methyl sites for hydroxylation is 1. The lowest BCUT2D eigenvalue weighted by atomic mass is 9.93. The molecule has 0 spiro atoms. The number of carboxylic acid groups (broad SMARTS) is 1. The fourth-order valence-corrected chi connectivity index (χ4v) is 4.50. The van der Waals surface area contributed by atoms with Crippen LogP contribution in [0.5, 0.6) is 0 Å². The Morgan fingerprint density at radius 1 is 1.38 bits per heavy atom. The van der Waals surface area contributed by atoms with Crippen molar-refractivity contribution in [1.82, 2.24) is 14.1 Å². The molecule has 3 rings (SSSR count). The summed E-state index contributed by atoms with van der Waals surface area (Å²) < 4.78 is 28.4. The molecule has 1 aliphatic heterocycles. The second kappa shape index (κ2) is 6.37. The first-order chi connectivity index (χ1) is 11.4. The third kappa shape index (κ3) is 2.94. The van der Waals surface area contributed by atoms with Crippen LogP contribution in [-0.4, -0.2) is 46.7 Å². The molecule has 2 heterocycles. The lowest BCUT2D eigenvalue weighted by molar-refractivity contribution is 0.0695. The van der Waals surface area contributed by atoms with Gasteiger partial charge in [0, 0.05) is 25.8 Å². The SMILES string of the molecule is CCn1cc(S(=O)(=O)N2CCC(c3ccccc3C(=O)O)C2)cn1. The molecule has 1 fully saturated rings. The molecule has 1 aromatic heterocycles. The zero-order valence-corrected chi connectivity index (χ0v) is 14.1. The Hall–Kier alpha value is -2.19. The Morgan fingerprint density at radius 3 is 2.79 bits per heavy atom. The molecule has 1 aromatic carbocycles. The normalized spacial score (nSPS) is 18.8. The largest absolute Gasteiger partial charge is 0.478 e. The second-order valence-electron chi connectivity index (χ2n) is 5.77. The van der Waals surface area contributed by atoms with Gasteiger partial charge in [0.15, 0.2) is 0 Å². The summed E-state index contributed by atoms with van der Waals surface area (Å²) in [7, 11) is -3.60. The van der Waals surface area contributed by atoms with E-state index in [1.54, 1.807) is 28.9 Å². The van der Waals surface area contributed by atoms with E-state index in [0.29, 0.717) is 25.1 Å². The van der Waals surface area contributed by atoms with E-state index < -0.39 is 16.0 Å². The van der Waals surface area contributed by atoms with Gasteiger partial charge in [-0.2, -0.15) is 9.40 Å². The van der Waals surface area contributed by atoms with Crippen LogP contribution < -0.4 is 0 Å². The molecule has 8 heteroatoms. The minimum absolute atomic E-state index is 0.117. The highest BCUT2D eigenvalue weighted by atomic mass is 32.2. The van der Waals surface area contributed by atoms with Crippen molar-refractivity contribution in [2.75, 3.05) is 13.1 Å². The number of carboxylic acids is 1. The summed E-state index contributed by atoms with van der Waals surface area (Å²) in [5, 5.41) is 13.3. The van der Waals surface area contributed by atoms with E-state index in [4.69, 9.17) is 0 Å². The van der Waals surface area contributed by atoms with Crippen LogP contribution in [0, 0.1) is 0 Å². The maximum Gasteiger partial charge on any atom is 0.335 e. The van der Waals surface area contributed by atoms with Crippen molar-refractivity contribution in [2.24, 2.45) is 0 Å². The molecule has 1 unspecified atom stereocenters. The van der Waals surface area contributed by atoms with Gasteiger partial charge in [0.25, 0.3) is 0 Å². The Kier molecular flexibility index (Phi) is 4.42. The summed E-state index contributed by atoms with van der Waals surface area (Å²) in [6.45, 7) is 3.14. The average molecular weight is 349 g/mol. The smallest absolute Gasteiger partial charge is 0.335 e. The zero-order chi connectivity index (χ0) is 17.3. The van der Waals surface area contributed by atoms with Crippen molar-refractivity contribution in [3.05, 3.63) is 47.8 Å². The number of hydrogen-bond acceptors (Lipinski definition) is 4. The van der Waals surface area contributed by atoms with Crippen LogP contribution >= 0.6 is 0 Å². The Bertz CT molecular complexity index is 860. The molecule has 0 aliphatic carbocycles. The number of rotatable bonds is 5. The standard InChI is InChI=1S/C16H19N3O4S/c1-2-18-11-13(9-17-18)24(22,23)19-8-7-12(10-19)14-5-3-4-6-15(14)16(20)21/h3-6,9,11-12H,2,7-8,10H2,1H3,(H,20,21). The molecular formula is C16H19N3O4S. The first-order valence-electron chi connectivity index (χ1n) is 7.78. The van der Waals surface area contributed by atoms with Crippen LogP contribution in [-0.2, 0) is 16.6 Å². The summed E-state index contributed by atoms with van der Waals surface area (Å²) in [6, 6.07) is 6.78. The zero-order valence-electron chi connectivity index (χ0n) is 13.3. The minimum Gasteiger partial charge on any atom is -0.478 e. The molecule has 1 aliphatic rings. The van der Waals surface area contributed by atoms with E-state index in [-0.39, 0.29) is 22.9 Å². The lowest BCUT2D eigenvalue weighted by Gasteiger charge is -2.16. The van der Waals surface area contributed by atoms with Gasteiger partial charge in [-0.25, -0.2) is 13.2 Å². The van der Waals surface area contributed by atoms with Crippen LogP contribution in [0.25, 0.3) is 0 Å². The molecule has 0 amide bonds. The lowest BCUT2D eigenvalue weighted by Crippen LogP contribution is -2.28. The van der Waals surface area contributed by atoms with Gasteiger partial charge in [0.1, 0.15) is 4.90 Å². The van der Waals surface area contributed by atoms with E-state index in [9.17, 15) is 18.3 Å². The van der Waals surface area contributed by atoms with Gasteiger partial charge in [-0.05, 0) is 30.9 Å². The molecule has 1 N–H and O–H groups in total. The monoisotopic (exact) mass is 349 g/mol. The van der Waals surface area contributed by atoms with Crippen LogP contribution in [0.15, 0.2) is 41.6 Å². The first-order valence-corrected chi connectivity index (χ1v) is 9.22. The van der Waals surface area contributed by atoms with Gasteiger partial charge in [0.05, 0.1) is 11.8 Å². The van der Waals surface area contributed by atoms with E-state index in [1.807, 2.05) is 6.92 Å². The highest BCUT2D eigenvalue weighted by molar-refractivity contribution is 7.89. The summed E-state index contributed by atoms with van der Waals surface area (Å²) in [4.78, 5) is 11.5. The average Bonchev–Trinajstić information content (AvgIpc) is 3.24. The molecule has 1 atom stereocenters. The number of sulfonamides is 1. The van der Waals surface area contributed by atoms with Crippen LogP contribution in [0.1, 0.15) is 35.2 Å². The Morgan fingerprint density at radius 2 is 2.12 bits per heavy atom. The third-order valence-electron chi connectivity index (χ3n) is 4.35. The van der Waals surface area contributed by atoms with E-state index in [1.165, 1.54) is 16.7 Å². The fourth-order valence-electron chi connectivity index (χ4n) is 3.05. The number of aromatic carboxylic acids is 1. The predicted molar refractivity (Wildman–Crippen MR) is 87.4 cm³/mol. The van der Waals surface area contributed by atoms with Crippen molar-refractivity contribution in [3.63, 3.8) is 0 Å². The minimum atomic E-state index is -3.60. The maximum atomic E-state index is 12.7. The van der Waals surface area contributed by atoms with Gasteiger partial charge >= 0.3 is 5.97 Å². The van der Waals surface area contributed by atoms with Gasteiger partial charge in [-0.1, -0.05) is 18.2 Å². The van der Waals surface area contributed by atoms with Gasteiger partial charge in [-0.15, -0.1) is 0 Å². The van der Waals surface area contributed by atoms with Crippen LogP contribution in [0.3, 0.4) is 0 Å². The number of hydrogen-bond donors (Lipinski definition) is 1. The molecule has 2 aromatic rings. The van der Waals surface area contributed by atoms with Crippen molar-refractivity contribution < 1.29 is 18.3 Å². The van der Waals surface area contributed by atoms with Crippen LogP contribution in [0.4, 0.5) is 0 Å². The fraction of sp³-hybridized carbons (Fsp3) is 0.375. The maximum absolute atomic E-state index is 12.7. The number of benzene rings is 1. The summed E-state index contributed by atoms with van der Waals surface area (Å²) in [6.07, 6.45) is 3.48. The molecule has 7 nitrogen and oxygen atoms in total. The Balaban J connectivity index is 1.84. The number of carbonyl (C=O) groups is 1. The van der Waals surface area contributed by atoms with Crippen molar-refractivity contribution in [1.29, 1.82) is 0 Å². The topological polar surface area (TPSA) is 92.5 Å². The number of nitrogens with zero attached hydrogens (tertiary/aromatic N) is 3. The molecule has 0 bridgehead atoms. The highest BCUT2D eigenvalue weighted by Gasteiger charge is 2.35. The molecule has 1 saturated heterocycles. The molecule has 24 heavy (non-hydrogen) atoms. The number of aromatic nitrogens is 2. The first kappa shape index (κ1) is 16.7. The van der Waals surface area contributed by atoms with Gasteiger partial charge < -0.3 is 5.11 Å². The molecule has 128 valence electrons. The molecule has 0 saturated carbocycles. The van der Waals surface area contributed by atoms with Gasteiger partial charge in [-0.3, -0.25) is 4.68 Å². The van der Waals surface area contributed by atoms with Crippen molar-refractivity contribution in [2.45, 2.75) is 30.7 Å². The van der Waals surface area contributed by atoms with Gasteiger partial charge in [0.2, 0.25) is 10.0 Å². The van der Waals surface area contributed by atoms with Crippen molar-refractivity contribution >= 4 is 16.0 Å². The third-order valence-corrected chi connectivity index (χ3v) is 6.17. The van der Waals surface area contributed by atoms with E-state index >= 15 is 0 Å². The summed E-state index contributed by atoms with van der Waals surface area (Å²) in [5.74, 6) is -1.11. The molecule has 0 radical (unpaired) electrons. The van der Waals surface area contributed by atoms with E-state index in [0.717, 1.165) is 0 Å². The summed E-state index contributed by atoms with van der Waals surface area (Å²) >= 11 is 0. The molecular weight excluding hydrogens is 330 g/mol. The quantitative estimate of drug-likeness (QED) is 0.888. The van der Waals surface area contributed by atoms with Crippen LogP contribution in [0.2, 0.25) is 0 Å². The predicted octanol–water partition coefficient (Wildman–Crippen LogP) is 1.78. The van der Waals surface area contributed by atoms with Crippen molar-refractivity contribution in [3.8, 4) is 0 Å². The Labute approximate surface area is 140 Å². The van der Waals surface area contributed by atoms with E-state index in [2.05, 4.69) is 5.10 Å². The second-order valence-corrected chi connectivity index (χ2v) is 7.71.